The zero-order valence-electron chi connectivity index (χ0n) is 14.9. The minimum Gasteiger partial charge on any atom is -0.376 e. The number of likely N-dealkylation sites (tertiary alicyclic amines) is 1. The van der Waals surface area contributed by atoms with Crippen LogP contribution in [0.1, 0.15) is 28.9 Å². The van der Waals surface area contributed by atoms with Gasteiger partial charge in [0.25, 0.3) is 5.91 Å². The molecule has 134 valence electrons. The van der Waals surface area contributed by atoms with Gasteiger partial charge in [0, 0.05) is 30.6 Å². The first kappa shape index (κ1) is 16.9. The van der Waals surface area contributed by atoms with Gasteiger partial charge in [0.2, 0.25) is 0 Å². The lowest BCUT2D eigenvalue weighted by molar-refractivity contribution is 0.0476. The Morgan fingerprint density at radius 3 is 2.54 bits per heavy atom. The van der Waals surface area contributed by atoms with E-state index < -0.39 is 0 Å². The predicted octanol–water partition coefficient (Wildman–Crippen LogP) is 4.24. The maximum Gasteiger partial charge on any atom is 0.270 e. The summed E-state index contributed by atoms with van der Waals surface area (Å²) in [6.45, 7) is 3.03. The van der Waals surface area contributed by atoms with Crippen LogP contribution in [0.5, 0.6) is 0 Å². The number of rotatable bonds is 5. The molecule has 0 unspecified atom stereocenters. The van der Waals surface area contributed by atoms with Crippen LogP contribution in [-0.4, -0.2) is 35.5 Å². The van der Waals surface area contributed by atoms with E-state index in [1.54, 1.807) is 0 Å². The minimum absolute atomic E-state index is 0.102. The fourth-order valence-electron chi connectivity index (χ4n) is 3.58. The molecule has 2 aromatic carbocycles. The van der Waals surface area contributed by atoms with Gasteiger partial charge in [0.15, 0.2) is 0 Å². The van der Waals surface area contributed by atoms with Crippen LogP contribution in [0.15, 0.2) is 60.7 Å². The second kappa shape index (κ2) is 7.75. The Labute approximate surface area is 153 Å². The van der Waals surface area contributed by atoms with Gasteiger partial charge < -0.3 is 14.6 Å². The van der Waals surface area contributed by atoms with Crippen molar-refractivity contribution in [2.75, 3.05) is 19.7 Å². The van der Waals surface area contributed by atoms with Crippen LogP contribution in [-0.2, 0) is 11.3 Å². The molecule has 4 heteroatoms. The van der Waals surface area contributed by atoms with Crippen molar-refractivity contribution in [2.24, 2.45) is 5.92 Å². The summed E-state index contributed by atoms with van der Waals surface area (Å²) < 4.78 is 5.87. The van der Waals surface area contributed by atoms with Gasteiger partial charge in [-0.1, -0.05) is 48.5 Å². The van der Waals surface area contributed by atoms with E-state index in [0.29, 0.717) is 18.2 Å². The summed E-state index contributed by atoms with van der Waals surface area (Å²) in [6, 6.07) is 20.2. The number of fused-ring (bicyclic) bond motifs is 1. The summed E-state index contributed by atoms with van der Waals surface area (Å²) >= 11 is 0. The van der Waals surface area contributed by atoms with Crippen molar-refractivity contribution in [3.8, 4) is 0 Å². The molecule has 0 saturated carbocycles. The third-order valence-corrected chi connectivity index (χ3v) is 5.13. The molecule has 1 aliphatic rings. The Bertz CT molecular complexity index is 831. The maximum atomic E-state index is 12.7. The zero-order valence-corrected chi connectivity index (χ0v) is 14.9. The van der Waals surface area contributed by atoms with Gasteiger partial charge in [-0.3, -0.25) is 4.79 Å². The largest absolute Gasteiger partial charge is 0.376 e. The van der Waals surface area contributed by atoms with Gasteiger partial charge in [0.1, 0.15) is 5.69 Å². The van der Waals surface area contributed by atoms with E-state index >= 15 is 0 Å². The van der Waals surface area contributed by atoms with E-state index in [9.17, 15) is 4.79 Å². The number of benzene rings is 2. The average molecular weight is 348 g/mol. The number of piperidine rings is 1. The molecule has 1 aliphatic heterocycles. The summed E-state index contributed by atoms with van der Waals surface area (Å²) in [4.78, 5) is 17.9. The number of H-pyrrole nitrogens is 1. The number of hydrogen-bond acceptors (Lipinski definition) is 2. The molecule has 3 aromatic rings. The smallest absolute Gasteiger partial charge is 0.270 e. The lowest BCUT2D eigenvalue weighted by Gasteiger charge is -2.31. The molecule has 1 aromatic heterocycles. The fraction of sp³-hybridized carbons (Fsp3) is 0.318. The number of carbonyl (C=O) groups excluding carboxylic acids is 1. The van der Waals surface area contributed by atoms with Crippen LogP contribution < -0.4 is 0 Å². The lowest BCUT2D eigenvalue weighted by Crippen LogP contribution is -2.39. The second-order valence-corrected chi connectivity index (χ2v) is 7.01. The molecule has 4 rings (SSSR count). The van der Waals surface area contributed by atoms with Gasteiger partial charge in [0.05, 0.1) is 6.61 Å². The molecule has 0 bridgehead atoms. The van der Waals surface area contributed by atoms with E-state index in [0.717, 1.165) is 43.4 Å². The van der Waals surface area contributed by atoms with Gasteiger partial charge in [-0.15, -0.1) is 0 Å². The lowest BCUT2D eigenvalue weighted by atomic mass is 9.97. The number of para-hydroxylation sites is 1. The fourth-order valence-corrected chi connectivity index (χ4v) is 3.58. The van der Waals surface area contributed by atoms with Crippen molar-refractivity contribution < 1.29 is 9.53 Å². The van der Waals surface area contributed by atoms with E-state index in [1.807, 2.05) is 53.4 Å². The Balaban J connectivity index is 1.27. The highest BCUT2D eigenvalue weighted by Crippen LogP contribution is 2.21. The summed E-state index contributed by atoms with van der Waals surface area (Å²) in [5, 5.41) is 1.08. The van der Waals surface area contributed by atoms with Gasteiger partial charge >= 0.3 is 0 Å². The van der Waals surface area contributed by atoms with Gasteiger partial charge in [-0.2, -0.15) is 0 Å². The highest BCUT2D eigenvalue weighted by Gasteiger charge is 2.24. The van der Waals surface area contributed by atoms with E-state index in [2.05, 4.69) is 17.1 Å². The summed E-state index contributed by atoms with van der Waals surface area (Å²) in [7, 11) is 0. The summed E-state index contributed by atoms with van der Waals surface area (Å²) in [5.74, 6) is 0.635. The molecule has 26 heavy (non-hydrogen) atoms. The first-order valence-corrected chi connectivity index (χ1v) is 9.28. The molecule has 1 N–H and O–H groups in total. The summed E-state index contributed by atoms with van der Waals surface area (Å²) in [5.41, 5.74) is 2.91. The molecule has 1 saturated heterocycles. The van der Waals surface area contributed by atoms with Crippen molar-refractivity contribution in [3.63, 3.8) is 0 Å². The van der Waals surface area contributed by atoms with Crippen LogP contribution in [0.25, 0.3) is 10.9 Å². The third kappa shape index (κ3) is 3.81. The van der Waals surface area contributed by atoms with Crippen molar-refractivity contribution >= 4 is 16.8 Å². The molecule has 2 heterocycles. The molecule has 0 spiro atoms. The topological polar surface area (TPSA) is 45.3 Å². The maximum absolute atomic E-state index is 12.7. The Morgan fingerprint density at radius 2 is 1.77 bits per heavy atom. The number of hydrogen-bond donors (Lipinski definition) is 1. The standard InChI is InChI=1S/C22H24N2O2/c25-22(21-14-19-8-4-5-9-20(19)23-21)24-12-10-18(11-13-24)16-26-15-17-6-2-1-3-7-17/h1-9,14,18,23H,10-13,15-16H2. The van der Waals surface area contributed by atoms with Crippen LogP contribution in [0.4, 0.5) is 0 Å². The molecule has 0 radical (unpaired) electrons. The normalized spacial score (nSPS) is 15.5. The number of nitrogens with one attached hydrogen (secondary N) is 1. The second-order valence-electron chi connectivity index (χ2n) is 7.01. The van der Waals surface area contributed by atoms with E-state index in [1.165, 1.54) is 5.56 Å². The van der Waals surface area contributed by atoms with Gasteiger partial charge in [-0.25, -0.2) is 0 Å². The Hall–Kier alpha value is -2.59. The number of nitrogens with zero attached hydrogens (tertiary/aromatic N) is 1. The average Bonchev–Trinajstić information content (AvgIpc) is 3.13. The zero-order chi connectivity index (χ0) is 17.8. The monoisotopic (exact) mass is 348 g/mol. The van der Waals surface area contributed by atoms with E-state index in [-0.39, 0.29) is 5.91 Å². The highest BCUT2D eigenvalue weighted by molar-refractivity contribution is 5.98. The van der Waals surface area contributed by atoms with Crippen LogP contribution in [0, 0.1) is 5.92 Å². The van der Waals surface area contributed by atoms with Crippen molar-refractivity contribution in [1.29, 1.82) is 0 Å². The number of aromatic nitrogens is 1. The molecular weight excluding hydrogens is 324 g/mol. The minimum atomic E-state index is 0.102. The Kier molecular flexibility index (Phi) is 5.02. The molecule has 0 atom stereocenters. The quantitative estimate of drug-likeness (QED) is 0.750. The molecule has 4 nitrogen and oxygen atoms in total. The number of amides is 1. The first-order valence-electron chi connectivity index (χ1n) is 9.28. The highest BCUT2D eigenvalue weighted by atomic mass is 16.5. The Morgan fingerprint density at radius 1 is 1.04 bits per heavy atom. The number of carbonyl (C=O) groups is 1. The van der Waals surface area contributed by atoms with Crippen LogP contribution in [0.2, 0.25) is 0 Å². The number of aromatic amines is 1. The summed E-state index contributed by atoms with van der Waals surface area (Å²) in [6.07, 6.45) is 2.00. The van der Waals surface area contributed by atoms with Crippen LogP contribution in [0.3, 0.4) is 0 Å². The predicted molar refractivity (Wildman–Crippen MR) is 103 cm³/mol. The number of ether oxygens (including phenoxy) is 1. The van der Waals surface area contributed by atoms with Gasteiger partial charge in [-0.05, 0) is 36.5 Å². The molecule has 0 aliphatic carbocycles. The SMILES string of the molecule is O=C(c1cc2ccccc2[nH]1)N1CCC(COCc2ccccc2)CC1. The molecular formula is C22H24N2O2. The molecule has 1 amide bonds. The van der Waals surface area contributed by atoms with E-state index in [4.69, 9.17) is 4.74 Å². The van der Waals surface area contributed by atoms with Crippen LogP contribution >= 0.6 is 0 Å². The van der Waals surface area contributed by atoms with Crippen molar-refractivity contribution in [1.82, 2.24) is 9.88 Å². The first-order chi connectivity index (χ1) is 12.8. The van der Waals surface area contributed by atoms with Crippen molar-refractivity contribution in [2.45, 2.75) is 19.4 Å². The molecule has 1 fully saturated rings. The van der Waals surface area contributed by atoms with Crippen molar-refractivity contribution in [3.05, 3.63) is 71.9 Å². The third-order valence-electron chi connectivity index (χ3n) is 5.13.